The largest absolute Gasteiger partial charge is 0.354 e. The third-order valence-corrected chi connectivity index (χ3v) is 8.43. The van der Waals surface area contributed by atoms with Crippen LogP contribution in [-0.2, 0) is 9.59 Å². The van der Waals surface area contributed by atoms with Crippen LogP contribution in [0.3, 0.4) is 0 Å². The van der Waals surface area contributed by atoms with Crippen LogP contribution in [0.4, 0.5) is 0 Å². The van der Waals surface area contributed by atoms with Gasteiger partial charge < -0.3 is 5.32 Å². The van der Waals surface area contributed by atoms with Crippen LogP contribution >= 0.6 is 48.5 Å². The zero-order chi connectivity index (χ0) is 24.7. The summed E-state index contributed by atoms with van der Waals surface area (Å²) in [6, 6.07) is 6.58. The van der Waals surface area contributed by atoms with E-state index in [9.17, 15) is 9.59 Å². The van der Waals surface area contributed by atoms with Crippen LogP contribution in [-0.4, -0.2) is 77.8 Å². The Labute approximate surface area is 225 Å². The zero-order valence-electron chi connectivity index (χ0n) is 19.9. The summed E-state index contributed by atoms with van der Waals surface area (Å²) in [5, 5.41) is 4.00. The number of nitrogens with zero attached hydrogens (tertiary/aromatic N) is 2. The quantitative estimate of drug-likeness (QED) is 0.317. The fraction of sp³-hybridized carbons (Fsp3) is 0.680. The van der Waals surface area contributed by atoms with Gasteiger partial charge in [0.15, 0.2) is 0 Å². The van der Waals surface area contributed by atoms with Gasteiger partial charge in [-0.1, -0.05) is 36.2 Å². The Morgan fingerprint density at radius 2 is 1.94 bits per heavy atom. The number of hydrogen-bond acceptors (Lipinski definition) is 6. The first-order valence-corrected chi connectivity index (χ1v) is 14.4. The van der Waals surface area contributed by atoms with Gasteiger partial charge in [0.05, 0.1) is 16.6 Å². The van der Waals surface area contributed by atoms with Crippen LogP contribution in [0.25, 0.3) is 0 Å². The minimum Gasteiger partial charge on any atom is -0.354 e. The molecular weight excluding hydrogens is 509 g/mol. The van der Waals surface area contributed by atoms with Gasteiger partial charge in [0.1, 0.15) is 5.78 Å². The second-order valence-electron chi connectivity index (χ2n) is 9.32. The van der Waals surface area contributed by atoms with Crippen LogP contribution in [0, 0.1) is 5.92 Å². The highest BCUT2D eigenvalue weighted by Crippen LogP contribution is 2.48. The number of piperidine rings is 1. The molecule has 34 heavy (non-hydrogen) atoms. The Morgan fingerprint density at radius 3 is 2.62 bits per heavy atom. The van der Waals surface area contributed by atoms with Crippen molar-refractivity contribution in [3.8, 4) is 0 Å². The Kier molecular flexibility index (Phi) is 11.4. The highest BCUT2D eigenvalue weighted by atomic mass is 35.5. The number of ketones is 1. The molecular formula is C25H37Cl2N3O2S2. The summed E-state index contributed by atoms with van der Waals surface area (Å²) < 4.78 is 0. The Hall–Kier alpha value is -0.440. The van der Waals surface area contributed by atoms with E-state index in [1.54, 1.807) is 0 Å². The van der Waals surface area contributed by atoms with Crippen molar-refractivity contribution in [2.45, 2.75) is 57.0 Å². The molecule has 1 amide bonds. The number of fused-ring (bicyclic) bond motifs is 2. The van der Waals surface area contributed by atoms with Gasteiger partial charge in [0.2, 0.25) is 5.91 Å². The normalized spacial score (nSPS) is 24.5. The smallest absolute Gasteiger partial charge is 0.234 e. The summed E-state index contributed by atoms with van der Waals surface area (Å²) in [5.41, 5.74) is 1.13. The number of Topliss-reactive ketones (excluding diaryl/α,β-unsaturated/α-hetero) is 1. The number of carbonyl (C=O) groups excluding carboxylic acids is 2. The Bertz CT molecular complexity index is 844. The number of halogens is 2. The number of rotatable bonds is 13. The van der Waals surface area contributed by atoms with Gasteiger partial charge >= 0.3 is 0 Å². The molecule has 1 aromatic rings. The fourth-order valence-electron chi connectivity index (χ4n) is 5.76. The van der Waals surface area contributed by atoms with Crippen LogP contribution in [0.1, 0.15) is 50.5 Å². The third-order valence-electron chi connectivity index (χ3n) is 7.26. The minimum atomic E-state index is -0.0125. The molecule has 0 spiro atoms. The van der Waals surface area contributed by atoms with Crippen LogP contribution in [0.5, 0.6) is 0 Å². The van der Waals surface area contributed by atoms with E-state index in [4.69, 9.17) is 23.2 Å². The maximum atomic E-state index is 13.2. The van der Waals surface area contributed by atoms with Crippen molar-refractivity contribution in [3.63, 3.8) is 0 Å². The summed E-state index contributed by atoms with van der Waals surface area (Å²) in [6.45, 7) is 5.50. The molecule has 0 aromatic heterocycles. The SMILES string of the molecule is CCC(=O)[C@H]1[C@@H](c2ccc(Cl)c(Cl)c2)CC2CC[C@H]1N2CCCN(CCS)CC(=O)NCCS. The van der Waals surface area contributed by atoms with Crippen molar-refractivity contribution in [1.29, 1.82) is 0 Å². The number of amides is 1. The predicted molar refractivity (Wildman–Crippen MR) is 148 cm³/mol. The lowest BCUT2D eigenvalue weighted by Gasteiger charge is -2.44. The molecule has 1 unspecified atom stereocenters. The molecule has 190 valence electrons. The monoisotopic (exact) mass is 545 g/mol. The number of thiol groups is 2. The first-order valence-electron chi connectivity index (χ1n) is 12.3. The predicted octanol–water partition coefficient (Wildman–Crippen LogP) is 4.58. The van der Waals surface area contributed by atoms with Gasteiger partial charge in [-0.05, 0) is 62.4 Å². The summed E-state index contributed by atoms with van der Waals surface area (Å²) in [4.78, 5) is 30.1. The van der Waals surface area contributed by atoms with E-state index in [0.717, 1.165) is 50.9 Å². The molecule has 5 nitrogen and oxygen atoms in total. The van der Waals surface area contributed by atoms with Crippen molar-refractivity contribution in [1.82, 2.24) is 15.1 Å². The van der Waals surface area contributed by atoms with E-state index >= 15 is 0 Å². The summed E-state index contributed by atoms with van der Waals surface area (Å²) in [7, 11) is 0. The van der Waals surface area contributed by atoms with Crippen molar-refractivity contribution in [2.24, 2.45) is 5.92 Å². The lowest BCUT2D eigenvalue weighted by Crippen LogP contribution is -2.51. The van der Waals surface area contributed by atoms with Crippen molar-refractivity contribution >= 4 is 60.1 Å². The van der Waals surface area contributed by atoms with Gasteiger partial charge in [-0.3, -0.25) is 19.4 Å². The number of benzene rings is 1. The van der Waals surface area contributed by atoms with Crippen molar-refractivity contribution < 1.29 is 9.59 Å². The highest BCUT2D eigenvalue weighted by molar-refractivity contribution is 7.80. The average Bonchev–Trinajstić information content (AvgIpc) is 3.09. The van der Waals surface area contributed by atoms with Gasteiger partial charge in [-0.2, -0.15) is 25.3 Å². The summed E-state index contributed by atoms with van der Waals surface area (Å²) in [5.74, 6) is 1.90. The molecule has 2 fully saturated rings. The standard InChI is InChI=1S/C25H37Cl2N3O2S2/c1-2-23(31)25-19(17-4-6-20(26)21(27)14-17)15-18-5-7-22(25)30(18)10-3-9-29(11-13-34)16-24(32)28-8-12-33/h4,6,14,18-19,22,25,33-34H,2-3,5,7-13,15-16H2,1H3,(H,28,32)/t18?,19-,22-,25+/m1/s1. The van der Waals surface area contributed by atoms with Gasteiger partial charge in [-0.25, -0.2) is 0 Å². The minimum absolute atomic E-state index is 0.0125. The molecule has 4 atom stereocenters. The number of nitrogens with one attached hydrogen (secondary N) is 1. The number of hydrogen-bond donors (Lipinski definition) is 3. The topological polar surface area (TPSA) is 52.7 Å². The van der Waals surface area contributed by atoms with E-state index in [1.807, 2.05) is 25.1 Å². The van der Waals surface area contributed by atoms with E-state index in [1.165, 1.54) is 0 Å². The molecule has 2 aliphatic heterocycles. The fourth-order valence-corrected chi connectivity index (χ4v) is 6.47. The van der Waals surface area contributed by atoms with Gasteiger partial charge in [0.25, 0.3) is 0 Å². The first-order chi connectivity index (χ1) is 16.4. The molecule has 2 bridgehead atoms. The molecule has 1 aromatic carbocycles. The van der Waals surface area contributed by atoms with Crippen molar-refractivity contribution in [3.05, 3.63) is 33.8 Å². The molecule has 0 radical (unpaired) electrons. The van der Waals surface area contributed by atoms with Crippen LogP contribution in [0.2, 0.25) is 10.0 Å². The molecule has 2 aliphatic rings. The van der Waals surface area contributed by atoms with Crippen molar-refractivity contribution in [2.75, 3.05) is 44.2 Å². The van der Waals surface area contributed by atoms with E-state index < -0.39 is 0 Å². The Morgan fingerprint density at radius 1 is 1.15 bits per heavy atom. The molecule has 9 heteroatoms. The summed E-state index contributed by atoms with van der Waals surface area (Å²) >= 11 is 21.0. The maximum absolute atomic E-state index is 13.2. The van der Waals surface area contributed by atoms with E-state index in [-0.39, 0.29) is 23.8 Å². The molecule has 3 rings (SSSR count). The molecule has 2 heterocycles. The maximum Gasteiger partial charge on any atom is 0.234 e. The molecule has 0 aliphatic carbocycles. The molecule has 0 saturated carbocycles. The highest BCUT2D eigenvalue weighted by Gasteiger charge is 2.49. The molecule has 1 N–H and O–H groups in total. The van der Waals surface area contributed by atoms with Crippen LogP contribution in [0.15, 0.2) is 18.2 Å². The second-order valence-corrected chi connectivity index (χ2v) is 11.0. The van der Waals surface area contributed by atoms with Gasteiger partial charge in [-0.15, -0.1) is 0 Å². The second kappa shape index (κ2) is 13.8. The van der Waals surface area contributed by atoms with E-state index in [0.29, 0.717) is 52.9 Å². The average molecular weight is 547 g/mol. The van der Waals surface area contributed by atoms with Crippen LogP contribution < -0.4 is 5.32 Å². The Balaban J connectivity index is 1.66. The first kappa shape index (κ1) is 28.1. The van der Waals surface area contributed by atoms with E-state index in [2.05, 4.69) is 40.4 Å². The lowest BCUT2D eigenvalue weighted by molar-refractivity contribution is -0.127. The lowest BCUT2D eigenvalue weighted by atomic mass is 9.73. The number of carbonyl (C=O) groups is 2. The molecule has 2 saturated heterocycles. The van der Waals surface area contributed by atoms with Gasteiger partial charge in [0, 0.05) is 49.0 Å². The third kappa shape index (κ3) is 7.07. The summed E-state index contributed by atoms with van der Waals surface area (Å²) in [6.07, 6.45) is 4.67. The zero-order valence-corrected chi connectivity index (χ0v) is 23.2.